The van der Waals surface area contributed by atoms with E-state index in [0.29, 0.717) is 49.7 Å². The van der Waals surface area contributed by atoms with Crippen LogP contribution in [0, 0.1) is 13.8 Å². The first-order chi connectivity index (χ1) is 16.4. The molecule has 180 valence electrons. The van der Waals surface area contributed by atoms with Gasteiger partial charge in [0.2, 0.25) is 5.91 Å². The molecule has 0 bridgehead atoms. The van der Waals surface area contributed by atoms with Crippen molar-refractivity contribution < 1.29 is 23.6 Å². The minimum atomic E-state index is -0.564. The maximum atomic E-state index is 13.0. The Hall–Kier alpha value is -3.40. The van der Waals surface area contributed by atoms with E-state index in [4.69, 9.17) is 14.0 Å². The maximum Gasteiger partial charge on any atom is 0.343 e. The second-order valence-electron chi connectivity index (χ2n) is 8.10. The van der Waals surface area contributed by atoms with Gasteiger partial charge in [-0.3, -0.25) is 9.59 Å². The quantitative estimate of drug-likeness (QED) is 0.474. The zero-order valence-corrected chi connectivity index (χ0v) is 20.3. The van der Waals surface area contributed by atoms with Gasteiger partial charge < -0.3 is 23.5 Å². The summed E-state index contributed by atoms with van der Waals surface area (Å²) in [6.45, 7) is 4.91. The number of hydrogen-bond donors (Lipinski definition) is 0. The Balaban J connectivity index is 1.56. The Morgan fingerprint density at radius 2 is 2.06 bits per heavy atom. The van der Waals surface area contributed by atoms with E-state index in [9.17, 15) is 14.4 Å². The van der Waals surface area contributed by atoms with Crippen molar-refractivity contribution in [3.8, 4) is 5.75 Å². The Morgan fingerprint density at radius 3 is 2.74 bits per heavy atom. The van der Waals surface area contributed by atoms with Crippen molar-refractivity contribution >= 4 is 23.2 Å². The van der Waals surface area contributed by atoms with Gasteiger partial charge in [0.05, 0.1) is 25.8 Å². The van der Waals surface area contributed by atoms with E-state index in [-0.39, 0.29) is 35.7 Å². The van der Waals surface area contributed by atoms with Gasteiger partial charge in [0.1, 0.15) is 17.1 Å². The number of carbonyl (C=O) groups excluding carboxylic acids is 2. The smallest absolute Gasteiger partial charge is 0.343 e. The van der Waals surface area contributed by atoms with Crippen LogP contribution in [-0.2, 0) is 35.3 Å². The Kier molecular flexibility index (Phi) is 7.16. The fourth-order valence-electron chi connectivity index (χ4n) is 4.17. The number of pyridine rings is 1. The van der Waals surface area contributed by atoms with Gasteiger partial charge in [0, 0.05) is 54.7 Å². The zero-order valence-electron chi connectivity index (χ0n) is 19.5. The van der Waals surface area contributed by atoms with E-state index in [1.807, 2.05) is 17.5 Å². The number of ether oxygens (including phenoxy) is 2. The number of rotatable bonds is 7. The van der Waals surface area contributed by atoms with Crippen LogP contribution in [0.2, 0.25) is 0 Å². The molecule has 9 nitrogen and oxygen atoms in total. The number of hydrogen-bond acceptors (Lipinski definition) is 8. The number of carbonyl (C=O) groups is 2. The molecule has 1 aliphatic heterocycles. The summed E-state index contributed by atoms with van der Waals surface area (Å²) in [7, 11) is 1.30. The van der Waals surface area contributed by atoms with Crippen LogP contribution in [0.1, 0.15) is 37.9 Å². The molecule has 0 atom stereocenters. The lowest BCUT2D eigenvalue weighted by Crippen LogP contribution is -2.35. The van der Waals surface area contributed by atoms with E-state index >= 15 is 0 Å². The van der Waals surface area contributed by atoms with Crippen LogP contribution in [-0.4, -0.2) is 53.3 Å². The van der Waals surface area contributed by atoms with Crippen LogP contribution >= 0.6 is 11.3 Å². The average molecular weight is 486 g/mol. The first-order valence-electron chi connectivity index (χ1n) is 11.1. The molecular weight excluding hydrogens is 458 g/mol. The third-order valence-corrected chi connectivity index (χ3v) is 6.97. The predicted octanol–water partition coefficient (Wildman–Crippen LogP) is 2.55. The second kappa shape index (κ2) is 10.3. The van der Waals surface area contributed by atoms with Gasteiger partial charge in [0.25, 0.3) is 5.56 Å². The first kappa shape index (κ1) is 23.7. The molecule has 0 radical (unpaired) electrons. The van der Waals surface area contributed by atoms with Gasteiger partial charge in [-0.1, -0.05) is 11.2 Å². The van der Waals surface area contributed by atoms with Gasteiger partial charge in [-0.05, 0) is 25.3 Å². The molecule has 1 amide bonds. The molecule has 1 aliphatic rings. The van der Waals surface area contributed by atoms with Crippen LogP contribution in [0.5, 0.6) is 5.75 Å². The first-order valence-corrected chi connectivity index (χ1v) is 12.0. The van der Waals surface area contributed by atoms with E-state index in [2.05, 4.69) is 5.16 Å². The monoisotopic (exact) mass is 485 g/mol. The Bertz CT molecular complexity index is 1220. The summed E-state index contributed by atoms with van der Waals surface area (Å²) >= 11 is 1.62. The zero-order chi connectivity index (χ0) is 24.2. The van der Waals surface area contributed by atoms with Gasteiger partial charge >= 0.3 is 5.97 Å². The topological polar surface area (TPSA) is 104 Å². The summed E-state index contributed by atoms with van der Waals surface area (Å²) in [6, 6.07) is 5.31. The van der Waals surface area contributed by atoms with E-state index < -0.39 is 5.97 Å². The fourth-order valence-corrected chi connectivity index (χ4v) is 4.86. The fraction of sp³-hybridized carbons (Fsp3) is 0.417. The molecule has 4 heterocycles. The number of amides is 1. The number of methoxy groups -OCH3 is 1. The van der Waals surface area contributed by atoms with Crippen LogP contribution in [0.4, 0.5) is 0 Å². The van der Waals surface area contributed by atoms with Crippen LogP contribution < -0.4 is 10.3 Å². The van der Waals surface area contributed by atoms with Crippen molar-refractivity contribution in [3.05, 3.63) is 67.1 Å². The highest BCUT2D eigenvalue weighted by molar-refractivity contribution is 7.09. The van der Waals surface area contributed by atoms with Crippen molar-refractivity contribution in [2.24, 2.45) is 0 Å². The third kappa shape index (κ3) is 4.91. The normalized spacial score (nSPS) is 13.3. The van der Waals surface area contributed by atoms with Crippen molar-refractivity contribution in [3.63, 3.8) is 0 Å². The molecule has 34 heavy (non-hydrogen) atoms. The highest BCUT2D eigenvalue weighted by atomic mass is 32.1. The molecule has 3 aromatic heterocycles. The molecule has 0 aliphatic carbocycles. The molecule has 10 heteroatoms. The number of fused-ring (bicyclic) bond motifs is 1. The number of aromatic nitrogens is 2. The predicted molar refractivity (Wildman–Crippen MR) is 126 cm³/mol. The van der Waals surface area contributed by atoms with Gasteiger partial charge in [-0.25, -0.2) is 4.79 Å². The minimum Gasteiger partial charge on any atom is -0.492 e. The second-order valence-corrected chi connectivity index (χ2v) is 9.13. The van der Waals surface area contributed by atoms with E-state index in [1.54, 1.807) is 34.7 Å². The molecule has 0 aromatic carbocycles. The van der Waals surface area contributed by atoms with Gasteiger partial charge in [-0.2, -0.15) is 0 Å². The highest BCUT2D eigenvalue weighted by Gasteiger charge is 2.28. The molecule has 0 N–H and O–H groups in total. The molecule has 0 saturated carbocycles. The number of esters is 1. The number of nitrogens with zero attached hydrogens (tertiary/aromatic N) is 3. The van der Waals surface area contributed by atoms with E-state index in [0.717, 1.165) is 10.4 Å². The van der Waals surface area contributed by atoms with Gasteiger partial charge in [0.15, 0.2) is 0 Å². The largest absolute Gasteiger partial charge is 0.492 e. The standard InChI is InChI=1S/C24H27N3O6S/c1-15-18(16(2)33-25-15)13-21(28)26-8-6-19-23(24(30)31-3)20(14-22(29)27(19)10-9-26)32-11-7-17-5-4-12-34-17/h4-5,12,14H,6-11,13H2,1-3H3. The van der Waals surface area contributed by atoms with Crippen LogP contribution in [0.25, 0.3) is 0 Å². The molecule has 0 saturated heterocycles. The molecular formula is C24H27N3O6S. The summed E-state index contributed by atoms with van der Waals surface area (Å²) in [4.78, 5) is 41.5. The van der Waals surface area contributed by atoms with Crippen LogP contribution in [0.3, 0.4) is 0 Å². The molecule has 4 rings (SSSR count). The average Bonchev–Trinajstić information content (AvgIpc) is 3.37. The van der Waals surface area contributed by atoms with E-state index in [1.165, 1.54) is 13.2 Å². The molecule has 0 unspecified atom stereocenters. The molecule has 3 aromatic rings. The van der Waals surface area contributed by atoms with Crippen molar-refractivity contribution in [1.29, 1.82) is 0 Å². The number of thiophene rings is 1. The lowest BCUT2D eigenvalue weighted by Gasteiger charge is -2.19. The maximum absolute atomic E-state index is 13.0. The lowest BCUT2D eigenvalue weighted by molar-refractivity contribution is -0.130. The summed E-state index contributed by atoms with van der Waals surface area (Å²) in [5, 5.41) is 5.90. The lowest BCUT2D eigenvalue weighted by atomic mass is 10.1. The van der Waals surface area contributed by atoms with Gasteiger partial charge in [-0.15, -0.1) is 11.3 Å². The minimum absolute atomic E-state index is 0.0812. The third-order valence-electron chi connectivity index (χ3n) is 6.03. The van der Waals surface area contributed by atoms with Crippen LogP contribution in [0.15, 0.2) is 32.9 Å². The number of aryl methyl sites for hydroxylation is 2. The summed E-state index contributed by atoms with van der Waals surface area (Å²) in [6.07, 6.45) is 1.17. The Morgan fingerprint density at radius 1 is 1.24 bits per heavy atom. The van der Waals surface area contributed by atoms with Crippen molar-refractivity contribution in [2.45, 2.75) is 39.7 Å². The molecule has 0 spiro atoms. The summed E-state index contributed by atoms with van der Waals surface area (Å²) < 4.78 is 17.6. The summed E-state index contributed by atoms with van der Waals surface area (Å²) in [5.41, 5.74) is 1.97. The van der Waals surface area contributed by atoms with Crippen molar-refractivity contribution in [1.82, 2.24) is 14.6 Å². The van der Waals surface area contributed by atoms with Crippen molar-refractivity contribution in [2.75, 3.05) is 26.8 Å². The SMILES string of the molecule is COC(=O)c1c(OCCc2cccs2)cc(=O)n2c1CCN(C(=O)Cc1c(C)noc1C)CC2. The highest BCUT2D eigenvalue weighted by Crippen LogP contribution is 2.25. The molecule has 0 fully saturated rings. The Labute approximate surface area is 200 Å². The summed E-state index contributed by atoms with van der Waals surface area (Å²) in [5.74, 6) is 0.195.